The van der Waals surface area contributed by atoms with Gasteiger partial charge in [0.2, 0.25) is 11.6 Å². The molecule has 37 heavy (non-hydrogen) atoms. The molecule has 3 aliphatic rings. The van der Waals surface area contributed by atoms with Crippen molar-refractivity contribution in [2.45, 2.75) is 51.4 Å². The number of phenolic OH excluding ortho intramolecular Hbond substituents is 4. The molecular weight excluding hydrogens is 543 g/mol. The molecule has 0 saturated heterocycles. The summed E-state index contributed by atoms with van der Waals surface area (Å²) in [6.07, 6.45) is -0.648. The highest BCUT2D eigenvalue weighted by atomic mass is 35.5. The van der Waals surface area contributed by atoms with Crippen molar-refractivity contribution in [2.24, 2.45) is 0 Å². The van der Waals surface area contributed by atoms with Crippen molar-refractivity contribution in [1.29, 1.82) is 0 Å². The average Bonchev–Trinajstić information content (AvgIpc) is 2.80. The van der Waals surface area contributed by atoms with Gasteiger partial charge >= 0.3 is 0 Å². The number of hydrogen-bond acceptors (Lipinski definition) is 7. The van der Waals surface area contributed by atoms with Gasteiger partial charge in [-0.05, 0) is 35.2 Å². The van der Waals surface area contributed by atoms with Crippen molar-refractivity contribution in [1.82, 2.24) is 0 Å². The zero-order valence-corrected chi connectivity index (χ0v) is 22.4. The van der Waals surface area contributed by atoms with Crippen molar-refractivity contribution in [3.8, 4) is 28.7 Å². The second kappa shape index (κ2) is 7.38. The lowest BCUT2D eigenvalue weighted by atomic mass is 9.66. The van der Waals surface area contributed by atoms with E-state index < -0.39 is 39.6 Å². The highest BCUT2D eigenvalue weighted by Gasteiger charge is 2.51. The topological polar surface area (TPSA) is 116 Å². The Morgan fingerprint density at radius 3 is 2.24 bits per heavy atom. The van der Waals surface area contributed by atoms with Crippen LogP contribution in [0.5, 0.6) is 28.7 Å². The Kier molecular flexibility index (Phi) is 4.89. The van der Waals surface area contributed by atoms with Gasteiger partial charge in [0.1, 0.15) is 33.4 Å². The Balaban J connectivity index is 1.68. The van der Waals surface area contributed by atoms with Crippen LogP contribution in [0.25, 0.3) is 0 Å². The fourth-order valence-electron chi connectivity index (χ4n) is 5.99. The van der Waals surface area contributed by atoms with Gasteiger partial charge in [-0.1, -0.05) is 54.7 Å². The van der Waals surface area contributed by atoms with E-state index in [1.165, 1.54) is 6.07 Å². The summed E-state index contributed by atoms with van der Waals surface area (Å²) in [6.45, 7) is 7.05. The van der Waals surface area contributed by atoms with E-state index in [2.05, 4.69) is 0 Å². The number of phenols is 4. The van der Waals surface area contributed by atoms with Crippen LogP contribution in [0.4, 0.5) is 0 Å². The van der Waals surface area contributed by atoms with E-state index in [1.807, 2.05) is 6.07 Å². The van der Waals surface area contributed by atoms with E-state index in [4.69, 9.17) is 44.3 Å². The molecule has 3 aromatic rings. The molecule has 2 aliphatic heterocycles. The third-order valence-electron chi connectivity index (χ3n) is 7.68. The number of aryl methyl sites for hydroxylation is 1. The van der Waals surface area contributed by atoms with Gasteiger partial charge in [0.05, 0.1) is 16.1 Å². The fraction of sp³-hybridized carbons (Fsp3) is 0.296. The number of aromatic hydroxyl groups is 4. The molecule has 0 aromatic heterocycles. The van der Waals surface area contributed by atoms with Gasteiger partial charge in [-0.25, -0.2) is 0 Å². The molecule has 2 heterocycles. The number of ether oxygens (including phenoxy) is 2. The average molecular weight is 564 g/mol. The molecule has 1 aliphatic carbocycles. The van der Waals surface area contributed by atoms with Crippen LogP contribution >= 0.6 is 34.8 Å². The Labute approximate surface area is 226 Å². The number of fused-ring (bicyclic) bond motifs is 8. The fourth-order valence-corrected chi connectivity index (χ4v) is 6.85. The van der Waals surface area contributed by atoms with Gasteiger partial charge < -0.3 is 29.9 Å². The number of rotatable bonds is 0. The SMILES string of the molecule is Cc1cc(O)c(Cl)c2c1C1OC(C)(Cc3cc4c(c(O)c31)C(=O)c1c(O)c(Cl)c(O)c(Cl)c1C4(C)C)O2. The number of benzene rings is 3. The molecule has 0 radical (unpaired) electrons. The van der Waals surface area contributed by atoms with E-state index in [0.717, 1.165) is 0 Å². The van der Waals surface area contributed by atoms with E-state index in [-0.39, 0.29) is 50.4 Å². The number of carbonyl (C=O) groups excluding carboxylic acids is 1. The maximum Gasteiger partial charge on any atom is 0.212 e. The van der Waals surface area contributed by atoms with Crippen LogP contribution in [0.2, 0.25) is 15.1 Å². The minimum atomic E-state index is -1.17. The molecular formula is C27H21Cl3O7. The first-order valence-electron chi connectivity index (χ1n) is 11.5. The minimum absolute atomic E-state index is 0.0212. The lowest BCUT2D eigenvalue weighted by Crippen LogP contribution is -2.47. The first kappa shape index (κ1) is 24.5. The van der Waals surface area contributed by atoms with E-state index in [1.54, 1.807) is 27.7 Å². The number of hydrogen-bond donors (Lipinski definition) is 4. The summed E-state index contributed by atoms with van der Waals surface area (Å²) in [5.74, 6) is -3.19. The van der Waals surface area contributed by atoms with Crippen molar-refractivity contribution < 1.29 is 34.7 Å². The number of ketones is 1. The molecule has 0 saturated carbocycles. The van der Waals surface area contributed by atoms with Gasteiger partial charge in [0.25, 0.3) is 0 Å². The van der Waals surface area contributed by atoms with Crippen molar-refractivity contribution in [2.75, 3.05) is 0 Å². The molecule has 0 fully saturated rings. The summed E-state index contributed by atoms with van der Waals surface area (Å²) in [7, 11) is 0. The number of halogens is 3. The predicted octanol–water partition coefficient (Wildman–Crippen LogP) is 6.42. The van der Waals surface area contributed by atoms with E-state index in [0.29, 0.717) is 27.8 Å². The van der Waals surface area contributed by atoms with E-state index in [9.17, 15) is 25.2 Å². The van der Waals surface area contributed by atoms with Crippen molar-refractivity contribution in [3.05, 3.63) is 71.7 Å². The molecule has 2 unspecified atom stereocenters. The van der Waals surface area contributed by atoms with Crippen LogP contribution in [-0.2, 0) is 16.6 Å². The standard InChI is InChI=1S/C27H21Cl3O7/c1-8-5-11(31)17(28)25-12(8)24-13-9(7-27(4,36-24)37-25)6-10-14(20(13)32)21(33)15-16(26(10,2)3)18(29)23(35)19(30)22(15)34/h5-6,24,31-32,34-35H,7H2,1-4H3. The monoisotopic (exact) mass is 562 g/mol. The largest absolute Gasteiger partial charge is 0.507 e. The minimum Gasteiger partial charge on any atom is -0.507 e. The first-order valence-corrected chi connectivity index (χ1v) is 12.6. The van der Waals surface area contributed by atoms with Crippen LogP contribution in [0.3, 0.4) is 0 Å². The zero-order chi connectivity index (χ0) is 26.9. The highest BCUT2D eigenvalue weighted by molar-refractivity contribution is 6.40. The van der Waals surface area contributed by atoms with Gasteiger partial charge in [-0.2, -0.15) is 0 Å². The number of carbonyl (C=O) groups is 1. The molecule has 2 bridgehead atoms. The molecule has 192 valence electrons. The Bertz CT molecular complexity index is 1610. The Morgan fingerprint density at radius 2 is 1.57 bits per heavy atom. The quantitative estimate of drug-likeness (QED) is 0.249. The van der Waals surface area contributed by atoms with Crippen LogP contribution in [0, 0.1) is 6.92 Å². The third kappa shape index (κ3) is 2.97. The van der Waals surface area contributed by atoms with Crippen LogP contribution < -0.4 is 4.74 Å². The summed E-state index contributed by atoms with van der Waals surface area (Å²) < 4.78 is 12.4. The van der Waals surface area contributed by atoms with Crippen molar-refractivity contribution in [3.63, 3.8) is 0 Å². The molecule has 3 aromatic carbocycles. The van der Waals surface area contributed by atoms with Gasteiger partial charge in [-0.15, -0.1) is 0 Å². The lowest BCUT2D eigenvalue weighted by molar-refractivity contribution is -0.216. The van der Waals surface area contributed by atoms with Crippen LogP contribution in [0.15, 0.2) is 12.1 Å². The smallest absolute Gasteiger partial charge is 0.212 e. The second-order valence-corrected chi connectivity index (χ2v) is 11.6. The van der Waals surface area contributed by atoms with Crippen molar-refractivity contribution >= 4 is 40.6 Å². The summed E-state index contributed by atoms with van der Waals surface area (Å²) >= 11 is 18.9. The molecule has 10 heteroatoms. The summed E-state index contributed by atoms with van der Waals surface area (Å²) in [5, 5.41) is 42.6. The molecule has 0 amide bonds. The lowest BCUT2D eigenvalue weighted by Gasteiger charge is -2.47. The predicted molar refractivity (Wildman–Crippen MR) is 137 cm³/mol. The maximum atomic E-state index is 13.8. The van der Waals surface area contributed by atoms with Crippen LogP contribution in [0.1, 0.15) is 76.2 Å². The molecule has 7 nitrogen and oxygen atoms in total. The third-order valence-corrected chi connectivity index (χ3v) is 8.77. The molecule has 6 rings (SSSR count). The summed E-state index contributed by atoms with van der Waals surface area (Å²) in [6, 6.07) is 3.29. The summed E-state index contributed by atoms with van der Waals surface area (Å²) in [5.41, 5.74) is 1.67. The first-order chi connectivity index (χ1) is 17.2. The molecule has 0 spiro atoms. The Morgan fingerprint density at radius 1 is 0.892 bits per heavy atom. The van der Waals surface area contributed by atoms with Crippen LogP contribution in [-0.4, -0.2) is 32.0 Å². The summed E-state index contributed by atoms with van der Waals surface area (Å²) in [4.78, 5) is 13.8. The van der Waals surface area contributed by atoms with E-state index >= 15 is 0 Å². The molecule has 4 N–H and O–H groups in total. The van der Waals surface area contributed by atoms with Gasteiger partial charge in [0, 0.05) is 29.9 Å². The van der Waals surface area contributed by atoms with Gasteiger partial charge in [0.15, 0.2) is 11.5 Å². The zero-order valence-electron chi connectivity index (χ0n) is 20.1. The second-order valence-electron chi connectivity index (χ2n) is 10.4. The molecule has 2 atom stereocenters. The normalized spacial score (nSPS) is 22.5. The Hall–Kier alpha value is -2.84. The van der Waals surface area contributed by atoms with Gasteiger partial charge in [-0.3, -0.25) is 4.79 Å². The highest BCUT2D eigenvalue weighted by Crippen LogP contribution is 2.59. The maximum absolute atomic E-state index is 13.8.